The molecule has 0 bridgehead atoms. The maximum absolute atomic E-state index is 12.8. The molecule has 2 atom stereocenters. The SMILES string of the molecule is CCNC(=O)[C@@H]1C[C@@H](N)CN1C(=O)c1ccc(-c2ccccc2)[nH]1. The third-order valence-electron chi connectivity index (χ3n) is 4.25. The molecule has 1 aliphatic rings. The highest BCUT2D eigenvalue weighted by Crippen LogP contribution is 2.22. The second-order valence-corrected chi connectivity index (χ2v) is 6.02. The summed E-state index contributed by atoms with van der Waals surface area (Å²) in [6.07, 6.45) is 0.490. The molecule has 6 nitrogen and oxygen atoms in total. The van der Waals surface area contributed by atoms with Crippen molar-refractivity contribution < 1.29 is 9.59 Å². The van der Waals surface area contributed by atoms with Gasteiger partial charge in [0.1, 0.15) is 11.7 Å². The highest BCUT2D eigenvalue weighted by Gasteiger charge is 2.38. The lowest BCUT2D eigenvalue weighted by molar-refractivity contribution is -0.124. The first-order valence-corrected chi connectivity index (χ1v) is 8.19. The fraction of sp³-hybridized carbons (Fsp3) is 0.333. The quantitative estimate of drug-likeness (QED) is 0.792. The van der Waals surface area contributed by atoms with Gasteiger partial charge in [-0.05, 0) is 31.0 Å². The maximum Gasteiger partial charge on any atom is 0.271 e. The van der Waals surface area contributed by atoms with E-state index in [-0.39, 0.29) is 17.9 Å². The van der Waals surface area contributed by atoms with Crippen molar-refractivity contribution in [3.05, 3.63) is 48.2 Å². The smallest absolute Gasteiger partial charge is 0.271 e. The molecule has 2 aromatic rings. The summed E-state index contributed by atoms with van der Waals surface area (Å²) in [6.45, 7) is 2.78. The molecule has 0 unspecified atom stereocenters. The number of carbonyl (C=O) groups is 2. The molecule has 0 spiro atoms. The van der Waals surface area contributed by atoms with Crippen LogP contribution in [0.4, 0.5) is 0 Å². The van der Waals surface area contributed by atoms with Crippen molar-refractivity contribution in [2.24, 2.45) is 5.73 Å². The molecule has 6 heteroatoms. The molecule has 24 heavy (non-hydrogen) atoms. The van der Waals surface area contributed by atoms with Crippen LogP contribution in [0, 0.1) is 0 Å². The third kappa shape index (κ3) is 3.19. The predicted octanol–water partition coefficient (Wildman–Crippen LogP) is 1.36. The van der Waals surface area contributed by atoms with Crippen LogP contribution in [0.5, 0.6) is 0 Å². The van der Waals surface area contributed by atoms with Crippen molar-refractivity contribution in [3.63, 3.8) is 0 Å². The number of likely N-dealkylation sites (tertiary alicyclic amines) is 1. The molecule has 3 rings (SSSR count). The Morgan fingerprint density at radius 1 is 1.25 bits per heavy atom. The average molecular weight is 326 g/mol. The number of nitrogens with one attached hydrogen (secondary N) is 2. The van der Waals surface area contributed by atoms with E-state index in [0.717, 1.165) is 11.3 Å². The van der Waals surface area contributed by atoms with Gasteiger partial charge in [0.15, 0.2) is 0 Å². The van der Waals surface area contributed by atoms with Crippen LogP contribution in [0.2, 0.25) is 0 Å². The van der Waals surface area contributed by atoms with E-state index in [1.54, 1.807) is 11.0 Å². The third-order valence-corrected chi connectivity index (χ3v) is 4.25. The number of nitrogens with zero attached hydrogens (tertiary/aromatic N) is 1. The summed E-state index contributed by atoms with van der Waals surface area (Å²) in [5.41, 5.74) is 8.33. The van der Waals surface area contributed by atoms with Crippen LogP contribution in [0.3, 0.4) is 0 Å². The molecule has 0 radical (unpaired) electrons. The molecule has 4 N–H and O–H groups in total. The molecule has 0 saturated carbocycles. The zero-order chi connectivity index (χ0) is 17.1. The van der Waals surface area contributed by atoms with Crippen molar-refractivity contribution in [2.45, 2.75) is 25.4 Å². The number of rotatable bonds is 4. The van der Waals surface area contributed by atoms with E-state index in [0.29, 0.717) is 25.2 Å². The fourth-order valence-corrected chi connectivity index (χ4v) is 3.09. The number of hydrogen-bond donors (Lipinski definition) is 3. The van der Waals surface area contributed by atoms with Crippen LogP contribution in [0.1, 0.15) is 23.8 Å². The number of likely N-dealkylation sites (N-methyl/N-ethyl adjacent to an activating group) is 1. The minimum Gasteiger partial charge on any atom is -0.355 e. The molecule has 0 aliphatic carbocycles. The highest BCUT2D eigenvalue weighted by atomic mass is 16.2. The number of aromatic nitrogens is 1. The normalized spacial score (nSPS) is 20.2. The van der Waals surface area contributed by atoms with Crippen molar-refractivity contribution in [1.82, 2.24) is 15.2 Å². The topological polar surface area (TPSA) is 91.2 Å². The standard InChI is InChI=1S/C18H22N4O2/c1-2-20-17(23)16-10-13(19)11-22(16)18(24)15-9-8-14(21-15)12-6-4-3-5-7-12/h3-9,13,16,21H,2,10-11,19H2,1H3,(H,20,23)/t13-,16+/m1/s1. The van der Waals surface area contributed by atoms with Crippen LogP contribution >= 0.6 is 0 Å². The van der Waals surface area contributed by atoms with Gasteiger partial charge in [-0.1, -0.05) is 30.3 Å². The van der Waals surface area contributed by atoms with Crippen LogP contribution in [-0.2, 0) is 4.79 Å². The van der Waals surface area contributed by atoms with Crippen LogP contribution < -0.4 is 11.1 Å². The largest absolute Gasteiger partial charge is 0.355 e. The molecule has 1 aromatic heterocycles. The van der Waals surface area contributed by atoms with Crippen molar-refractivity contribution in [3.8, 4) is 11.3 Å². The van der Waals surface area contributed by atoms with Gasteiger partial charge >= 0.3 is 0 Å². The second kappa shape index (κ2) is 6.88. The van der Waals surface area contributed by atoms with Gasteiger partial charge in [-0.2, -0.15) is 0 Å². The molecule has 1 aliphatic heterocycles. The van der Waals surface area contributed by atoms with Crippen molar-refractivity contribution in [2.75, 3.05) is 13.1 Å². The minimum absolute atomic E-state index is 0.145. The first-order valence-electron chi connectivity index (χ1n) is 8.19. The summed E-state index contributed by atoms with van der Waals surface area (Å²) >= 11 is 0. The molecule has 2 heterocycles. The van der Waals surface area contributed by atoms with Crippen molar-refractivity contribution >= 4 is 11.8 Å². The lowest BCUT2D eigenvalue weighted by Crippen LogP contribution is -2.46. The Balaban J connectivity index is 1.80. The summed E-state index contributed by atoms with van der Waals surface area (Å²) in [6, 6.07) is 12.7. The van der Waals surface area contributed by atoms with Gasteiger partial charge in [0.25, 0.3) is 5.91 Å². The first kappa shape index (κ1) is 16.3. The van der Waals surface area contributed by atoms with Gasteiger partial charge < -0.3 is 20.9 Å². The molecule has 1 aromatic carbocycles. The van der Waals surface area contributed by atoms with Crippen LogP contribution in [0.25, 0.3) is 11.3 Å². The van der Waals surface area contributed by atoms with E-state index in [9.17, 15) is 9.59 Å². The molecule has 1 saturated heterocycles. The van der Waals surface area contributed by atoms with E-state index in [1.165, 1.54) is 0 Å². The molecule has 2 amide bonds. The van der Waals surface area contributed by atoms with E-state index in [4.69, 9.17) is 5.73 Å². The zero-order valence-corrected chi connectivity index (χ0v) is 13.7. The number of carbonyl (C=O) groups excluding carboxylic acids is 2. The van der Waals surface area contributed by atoms with Crippen LogP contribution in [-0.4, -0.2) is 46.9 Å². The van der Waals surface area contributed by atoms with E-state index < -0.39 is 6.04 Å². The number of nitrogens with two attached hydrogens (primary N) is 1. The summed E-state index contributed by atoms with van der Waals surface area (Å²) in [5, 5.41) is 2.78. The zero-order valence-electron chi connectivity index (χ0n) is 13.7. The Kier molecular flexibility index (Phi) is 4.66. The lowest BCUT2D eigenvalue weighted by atomic mass is 10.1. The maximum atomic E-state index is 12.8. The Bertz CT molecular complexity index is 726. The van der Waals surface area contributed by atoms with E-state index in [1.807, 2.05) is 43.3 Å². The number of amides is 2. The summed E-state index contributed by atoms with van der Waals surface area (Å²) < 4.78 is 0. The summed E-state index contributed by atoms with van der Waals surface area (Å²) in [4.78, 5) is 29.7. The molecular weight excluding hydrogens is 304 g/mol. The Morgan fingerprint density at radius 2 is 2.00 bits per heavy atom. The minimum atomic E-state index is -0.504. The average Bonchev–Trinajstić information content (AvgIpc) is 3.22. The lowest BCUT2D eigenvalue weighted by Gasteiger charge is -2.23. The molecular formula is C18H22N4O2. The fourth-order valence-electron chi connectivity index (χ4n) is 3.09. The Hall–Kier alpha value is -2.60. The monoisotopic (exact) mass is 326 g/mol. The van der Waals surface area contributed by atoms with Gasteiger partial charge in [0.2, 0.25) is 5.91 Å². The van der Waals surface area contributed by atoms with Crippen LogP contribution in [0.15, 0.2) is 42.5 Å². The van der Waals surface area contributed by atoms with Gasteiger partial charge in [-0.3, -0.25) is 9.59 Å². The second-order valence-electron chi connectivity index (χ2n) is 6.02. The highest BCUT2D eigenvalue weighted by molar-refractivity contribution is 5.97. The Morgan fingerprint density at radius 3 is 2.71 bits per heavy atom. The van der Waals surface area contributed by atoms with Gasteiger partial charge in [-0.25, -0.2) is 0 Å². The number of H-pyrrole nitrogens is 1. The van der Waals surface area contributed by atoms with Gasteiger partial charge in [0.05, 0.1) is 0 Å². The number of hydrogen-bond acceptors (Lipinski definition) is 3. The van der Waals surface area contributed by atoms with Gasteiger partial charge in [0, 0.05) is 24.8 Å². The van der Waals surface area contributed by atoms with Crippen molar-refractivity contribution in [1.29, 1.82) is 0 Å². The molecule has 126 valence electrons. The first-order chi connectivity index (χ1) is 11.6. The predicted molar refractivity (Wildman–Crippen MR) is 92.3 cm³/mol. The summed E-state index contributed by atoms with van der Waals surface area (Å²) in [7, 11) is 0. The van der Waals surface area contributed by atoms with E-state index >= 15 is 0 Å². The van der Waals surface area contributed by atoms with E-state index in [2.05, 4.69) is 10.3 Å². The summed E-state index contributed by atoms with van der Waals surface area (Å²) in [5.74, 6) is -0.338. The molecule has 1 fully saturated rings. The van der Waals surface area contributed by atoms with Gasteiger partial charge in [-0.15, -0.1) is 0 Å². The Labute approximate surface area is 141 Å². The number of benzene rings is 1. The number of aromatic amines is 1.